The molecule has 1 saturated heterocycles. The maximum absolute atomic E-state index is 15.1. The summed E-state index contributed by atoms with van der Waals surface area (Å²) in [5.74, 6) is -6.15. The van der Waals surface area contributed by atoms with Gasteiger partial charge in [0.15, 0.2) is 0 Å². The first-order valence-corrected chi connectivity index (χ1v) is 37.5. The van der Waals surface area contributed by atoms with Crippen LogP contribution >= 0.6 is 0 Å². The van der Waals surface area contributed by atoms with E-state index in [-0.39, 0.29) is 67.8 Å². The van der Waals surface area contributed by atoms with E-state index in [9.17, 15) is 48.3 Å². The van der Waals surface area contributed by atoms with Crippen molar-refractivity contribution in [1.82, 2.24) is 55.6 Å². The van der Waals surface area contributed by atoms with E-state index in [1.54, 1.807) is 68.8 Å². The van der Waals surface area contributed by atoms with E-state index < -0.39 is 156 Å². The van der Waals surface area contributed by atoms with Gasteiger partial charge in [-0.25, -0.2) is 0 Å². The van der Waals surface area contributed by atoms with Crippen molar-refractivity contribution in [3.63, 3.8) is 0 Å². The monoisotopic (exact) mass is 1490 g/mol. The molecule has 3 heterocycles. The van der Waals surface area contributed by atoms with E-state index in [0.29, 0.717) is 13.0 Å². The predicted octanol–water partition coefficient (Wildman–Crippen LogP) is 6.58. The summed E-state index contributed by atoms with van der Waals surface area (Å²) in [5, 5.41) is 23.1. The Kier molecular flexibility index (Phi) is 34.3. The van der Waals surface area contributed by atoms with Gasteiger partial charge in [-0.15, -0.1) is 0 Å². The summed E-state index contributed by atoms with van der Waals surface area (Å²) >= 11 is 0. The number of aliphatic hydroxyl groups is 1. The van der Waals surface area contributed by atoms with Gasteiger partial charge in [0.2, 0.25) is 65.0 Å². The molecule has 27 heteroatoms. The van der Waals surface area contributed by atoms with Gasteiger partial charge in [0, 0.05) is 72.6 Å². The Morgan fingerprint density at radius 2 is 0.972 bits per heavy atom. The maximum Gasteiger partial charge on any atom is 0.246 e. The zero-order chi connectivity index (χ0) is 80.4. The third-order valence-electron chi connectivity index (χ3n) is 20.3. The number of carbonyl (C=O) groups excluding carboxylic acids is 11. The van der Waals surface area contributed by atoms with Crippen molar-refractivity contribution >= 4 is 65.0 Å². The van der Waals surface area contributed by atoms with Crippen molar-refractivity contribution in [3.8, 4) is 23.0 Å². The third kappa shape index (κ3) is 23.0. The summed E-state index contributed by atoms with van der Waals surface area (Å²) in [6.45, 7) is 29.9. The first-order valence-electron chi connectivity index (χ1n) is 37.5. The average molecular weight is 1490 g/mol. The molecule has 3 aliphatic heterocycles. The van der Waals surface area contributed by atoms with Gasteiger partial charge in [-0.3, -0.25) is 52.7 Å². The number of amides is 11. The van der Waals surface area contributed by atoms with E-state index >= 15 is 9.59 Å². The van der Waals surface area contributed by atoms with Gasteiger partial charge >= 0.3 is 0 Å². The van der Waals surface area contributed by atoms with Crippen LogP contribution in [0, 0.1) is 41.4 Å². The summed E-state index contributed by atoms with van der Waals surface area (Å²) in [6.07, 6.45) is 3.04. The lowest BCUT2D eigenvalue weighted by atomic mass is 9.89. The number of allylic oxidation sites excluding steroid dienone is 2. The number of likely N-dealkylation sites (N-methyl/N-ethyl adjacent to an activating group) is 7. The molecule has 106 heavy (non-hydrogen) atoms. The van der Waals surface area contributed by atoms with E-state index in [1.165, 1.54) is 93.2 Å². The standard InChI is InChI=1S/C62H111N11O12.C17H16O4/c1-25-27-28-40(15)52(75)51-56(79)65-43(26-2)58(81)67(18)33-48(74)68(19)44(29-34(3)4)55(78)66-49(38(11)12)61(84)69(20)45(30-35(5)6)54(77)63-41(16)53(76)64-42(17)57(80)70(21)46(31-36(7)8)59(82)71(22)47(32-37(9)10)60(83)72(23)50(39(13)14)62(85)73(51)24;1-18-10-4-6-13-15(7-10)20-9-14-12-5-3-11(19-2)8-16(12)21-17(13)14/h25,27,34-47,49-52,75H,26,28-33H2,1-24H3,(H,63,77)(H,64,76)(H,65,79)(H,66,78);3-8,14,17H,9H2,1-2H3. The van der Waals surface area contributed by atoms with Gasteiger partial charge in [-0.1, -0.05) is 115 Å². The Morgan fingerprint density at radius 3 is 1.47 bits per heavy atom. The average Bonchev–Trinajstić information content (AvgIpc) is 1.62. The minimum Gasteiger partial charge on any atom is -0.497 e. The number of nitrogens with zero attached hydrogens (tertiary/aromatic N) is 7. The van der Waals surface area contributed by atoms with E-state index in [0.717, 1.165) is 38.4 Å². The fraction of sp³-hybridized carbons (Fsp3) is 0.684. The molecule has 0 bridgehead atoms. The molecule has 0 spiro atoms. The van der Waals surface area contributed by atoms with Crippen LogP contribution in [0.3, 0.4) is 0 Å². The lowest BCUT2D eigenvalue weighted by Crippen LogP contribution is -2.63. The quantitative estimate of drug-likeness (QED) is 0.104. The summed E-state index contributed by atoms with van der Waals surface area (Å²) < 4.78 is 22.6. The lowest BCUT2D eigenvalue weighted by molar-refractivity contribution is -0.157. The van der Waals surface area contributed by atoms with Crippen LogP contribution in [0.4, 0.5) is 0 Å². The van der Waals surface area contributed by atoms with Crippen LogP contribution in [0.2, 0.25) is 0 Å². The second-order valence-corrected chi connectivity index (χ2v) is 31.4. The minimum atomic E-state index is -1.61. The van der Waals surface area contributed by atoms with Gasteiger partial charge in [0.1, 0.15) is 89.5 Å². The number of nitrogens with one attached hydrogen (secondary N) is 4. The third-order valence-corrected chi connectivity index (χ3v) is 20.3. The molecule has 5 N–H and O–H groups in total. The second kappa shape index (κ2) is 40.5. The molecular weight excluding hydrogens is 1360 g/mol. The molecule has 0 saturated carbocycles. The van der Waals surface area contributed by atoms with Crippen molar-refractivity contribution in [2.45, 2.75) is 235 Å². The van der Waals surface area contributed by atoms with Gasteiger partial charge < -0.3 is 79.6 Å². The number of methoxy groups -OCH3 is 2. The van der Waals surface area contributed by atoms with Crippen LogP contribution in [-0.4, -0.2) is 248 Å². The lowest BCUT2D eigenvalue weighted by Gasteiger charge is -2.41. The number of rotatable bonds is 17. The number of hydrogen-bond donors (Lipinski definition) is 5. The van der Waals surface area contributed by atoms with Crippen molar-refractivity contribution < 1.29 is 76.8 Å². The summed E-state index contributed by atoms with van der Waals surface area (Å²) in [7, 11) is 13.2. The second-order valence-electron chi connectivity index (χ2n) is 31.4. The highest BCUT2D eigenvalue weighted by molar-refractivity contribution is 5.99. The molecule has 1 fully saturated rings. The molecule has 0 radical (unpaired) electrons. The van der Waals surface area contributed by atoms with Crippen molar-refractivity contribution in [2.24, 2.45) is 41.4 Å². The number of hydrogen-bond acceptors (Lipinski definition) is 16. The molecule has 594 valence electrons. The topological polar surface area (TPSA) is 316 Å². The summed E-state index contributed by atoms with van der Waals surface area (Å²) in [4.78, 5) is 169. The molecule has 27 nitrogen and oxygen atoms in total. The normalized spacial score (nSPS) is 25.8. The van der Waals surface area contributed by atoms with Crippen LogP contribution < -0.4 is 40.2 Å². The Morgan fingerprint density at radius 1 is 0.509 bits per heavy atom. The Labute approximate surface area is 630 Å². The largest absolute Gasteiger partial charge is 0.497 e. The number of benzene rings is 2. The zero-order valence-corrected chi connectivity index (χ0v) is 68.0. The highest BCUT2D eigenvalue weighted by atomic mass is 16.5. The number of fused-ring (bicyclic) bond motifs is 5. The van der Waals surface area contributed by atoms with Gasteiger partial charge in [-0.05, 0) is 119 Å². The number of aliphatic hydroxyl groups excluding tert-OH is 1. The molecule has 2 aromatic rings. The first-order chi connectivity index (χ1) is 49.5. The Hall–Kier alpha value is -8.49. The van der Waals surface area contributed by atoms with E-state index in [4.69, 9.17) is 18.9 Å². The molecule has 0 aliphatic carbocycles. The van der Waals surface area contributed by atoms with Crippen molar-refractivity contribution in [1.29, 1.82) is 0 Å². The van der Waals surface area contributed by atoms with Gasteiger partial charge in [0.05, 0.1) is 39.4 Å². The fourth-order valence-electron chi connectivity index (χ4n) is 13.8. The molecular formula is C79H127N11O16. The van der Waals surface area contributed by atoms with Crippen molar-refractivity contribution in [3.05, 3.63) is 59.7 Å². The molecule has 14 unspecified atom stereocenters. The molecule has 3 aliphatic rings. The first kappa shape index (κ1) is 89.9. The highest BCUT2D eigenvalue weighted by Crippen LogP contribution is 2.52. The van der Waals surface area contributed by atoms with Gasteiger partial charge in [-0.2, -0.15) is 0 Å². The van der Waals surface area contributed by atoms with Crippen LogP contribution in [-0.2, 0) is 52.7 Å². The molecule has 11 amide bonds. The fourth-order valence-corrected chi connectivity index (χ4v) is 13.8. The number of ether oxygens (including phenoxy) is 4. The summed E-state index contributed by atoms with van der Waals surface area (Å²) in [5.41, 5.74) is 2.25. The minimum absolute atomic E-state index is 0.00163. The smallest absolute Gasteiger partial charge is 0.246 e. The SMILES string of the molecule is CC=CCC(C)C(O)C1C(=O)NC(CC)C(=O)N(C)CC(=O)N(C)C(CC(C)C)C(=O)NC(C(C)C)C(=O)N(C)C(CC(C)C)C(=O)NC(C)C(=O)NC(C)C(=O)N(C)C(CC(C)C)C(=O)N(C)C(CC(C)C)C(=O)N(C)C(C(C)C)C(=O)N1C.COc1ccc2c(c1)OC1c3ccc(OC)cc3OCC21. The molecule has 14 atom stereocenters. The van der Waals surface area contributed by atoms with Crippen LogP contribution in [0.5, 0.6) is 23.0 Å². The van der Waals surface area contributed by atoms with Crippen LogP contribution in [0.25, 0.3) is 0 Å². The summed E-state index contributed by atoms with van der Waals surface area (Å²) in [6, 6.07) is -0.474. The Bertz CT molecular complexity index is 3400. The molecule has 0 aromatic heterocycles. The van der Waals surface area contributed by atoms with Gasteiger partial charge in [0.25, 0.3) is 0 Å². The highest BCUT2D eigenvalue weighted by Gasteiger charge is 2.47. The van der Waals surface area contributed by atoms with Crippen LogP contribution in [0.15, 0.2) is 48.6 Å². The Balaban J connectivity index is 0.000000944. The number of carbonyl (C=O) groups is 11. The van der Waals surface area contributed by atoms with E-state index in [1.807, 2.05) is 91.8 Å². The van der Waals surface area contributed by atoms with Crippen molar-refractivity contribution in [2.75, 3.05) is 76.7 Å². The molecule has 5 rings (SSSR count). The maximum atomic E-state index is 15.1. The van der Waals surface area contributed by atoms with E-state index in [2.05, 4.69) is 27.3 Å². The van der Waals surface area contributed by atoms with Crippen LogP contribution in [0.1, 0.15) is 179 Å². The molecule has 2 aromatic carbocycles. The zero-order valence-electron chi connectivity index (χ0n) is 68.0. The predicted molar refractivity (Wildman–Crippen MR) is 406 cm³/mol.